The number of hydrogen-bond donors (Lipinski definition) is 0. The predicted molar refractivity (Wildman–Crippen MR) is 107 cm³/mol. The Labute approximate surface area is 171 Å². The highest BCUT2D eigenvalue weighted by Gasteiger charge is 2.26. The Morgan fingerprint density at radius 2 is 1.89 bits per heavy atom. The van der Waals surface area contributed by atoms with Gasteiger partial charge in [-0.05, 0) is 30.3 Å². The largest absolute Gasteiger partial charge is 0.411 e. The lowest BCUT2D eigenvalue weighted by Gasteiger charge is -2.30. The number of aromatic amines is 1. The van der Waals surface area contributed by atoms with Crippen molar-refractivity contribution in [2.75, 3.05) is 36.8 Å². The number of nitrogens with zero attached hydrogens (tertiary/aromatic N) is 4. The lowest BCUT2D eigenvalue weighted by Crippen LogP contribution is -2.50. The number of thioether (sulfide) groups is 1. The van der Waals surface area contributed by atoms with Crippen LogP contribution in [0.1, 0.15) is 0 Å². The number of pyridine rings is 1. The van der Waals surface area contributed by atoms with Crippen molar-refractivity contribution in [3.63, 3.8) is 0 Å². The summed E-state index contributed by atoms with van der Waals surface area (Å²) in [4.78, 5) is 19.9. The van der Waals surface area contributed by atoms with E-state index in [0.717, 1.165) is 24.5 Å². The van der Waals surface area contributed by atoms with Crippen molar-refractivity contribution >= 4 is 35.1 Å². The number of aromatic nitrogens is 3. The third-order valence-electron chi connectivity index (χ3n) is 4.48. The Morgan fingerprint density at radius 1 is 1.11 bits per heavy atom. The van der Waals surface area contributed by atoms with Crippen LogP contribution in [0, 0.1) is 0 Å². The normalized spacial score (nSPS) is 14.3. The summed E-state index contributed by atoms with van der Waals surface area (Å²) >= 11 is 7.15. The molecule has 0 saturated carbocycles. The van der Waals surface area contributed by atoms with Crippen molar-refractivity contribution in [3.8, 4) is 11.5 Å². The average Bonchev–Trinajstić information content (AvgIpc) is 3.22. The fourth-order valence-electron chi connectivity index (χ4n) is 2.97. The second-order valence-corrected chi connectivity index (χ2v) is 7.65. The zero-order valence-corrected chi connectivity index (χ0v) is 16.6. The smallest absolute Gasteiger partial charge is 0.277 e. The van der Waals surface area contributed by atoms with Gasteiger partial charge in [-0.2, -0.15) is 0 Å². The van der Waals surface area contributed by atoms with Gasteiger partial charge in [-0.3, -0.25) is 9.69 Å². The Kier molecular flexibility index (Phi) is 5.78. The Balaban J connectivity index is 1.28. The average molecular weight is 417 g/mol. The molecule has 4 rings (SSSR count). The number of nitrogens with one attached hydrogen (secondary N) is 1. The summed E-state index contributed by atoms with van der Waals surface area (Å²) in [5.41, 5.74) is 0.795. The van der Waals surface area contributed by atoms with Crippen molar-refractivity contribution < 1.29 is 14.2 Å². The van der Waals surface area contributed by atoms with E-state index in [1.54, 1.807) is 12.1 Å². The quantitative estimate of drug-likeness (QED) is 0.595. The molecular formula is C19H19ClN5O2S+. The number of carbonyl (C=O) groups is 1. The second kappa shape index (κ2) is 8.62. The lowest BCUT2D eigenvalue weighted by atomic mass is 10.2. The van der Waals surface area contributed by atoms with Crippen LogP contribution in [-0.2, 0) is 4.79 Å². The minimum atomic E-state index is 0.0768. The van der Waals surface area contributed by atoms with E-state index >= 15 is 0 Å². The molecule has 3 aromatic rings. The highest BCUT2D eigenvalue weighted by atomic mass is 35.5. The summed E-state index contributed by atoms with van der Waals surface area (Å²) < 4.78 is 5.64. The first-order chi connectivity index (χ1) is 13.7. The molecule has 1 aliphatic heterocycles. The molecule has 0 aliphatic carbocycles. The van der Waals surface area contributed by atoms with E-state index < -0.39 is 0 Å². The highest BCUT2D eigenvalue weighted by molar-refractivity contribution is 7.99. The maximum atomic E-state index is 12.5. The molecule has 1 amide bonds. The van der Waals surface area contributed by atoms with Crippen LogP contribution < -0.4 is 9.88 Å². The third kappa shape index (κ3) is 4.45. The molecule has 0 unspecified atom stereocenters. The summed E-state index contributed by atoms with van der Waals surface area (Å²) in [7, 11) is 0. The summed E-state index contributed by atoms with van der Waals surface area (Å²) in [6.07, 6.45) is 1.91. The highest BCUT2D eigenvalue weighted by Crippen LogP contribution is 2.24. The second-order valence-electron chi connectivity index (χ2n) is 6.28. The van der Waals surface area contributed by atoms with E-state index in [2.05, 4.69) is 20.1 Å². The molecule has 1 aliphatic rings. The molecule has 1 N–H and O–H groups in total. The maximum absolute atomic E-state index is 12.5. The summed E-state index contributed by atoms with van der Waals surface area (Å²) in [5, 5.41) is 9.08. The first-order valence-corrected chi connectivity index (χ1v) is 10.3. The van der Waals surface area contributed by atoms with Gasteiger partial charge in [0.25, 0.3) is 11.0 Å². The van der Waals surface area contributed by atoms with Gasteiger partial charge in [0.05, 0.1) is 25.0 Å². The molecule has 7 nitrogen and oxygen atoms in total. The molecule has 1 saturated heterocycles. The van der Waals surface area contributed by atoms with Gasteiger partial charge in [-0.1, -0.05) is 29.4 Å². The molecule has 1 fully saturated rings. The van der Waals surface area contributed by atoms with Crippen LogP contribution in [0.15, 0.2) is 58.3 Å². The molecular weight excluding hydrogens is 398 g/mol. The SMILES string of the molecule is O=C(CSc1nnc(-c2ccc(Cl)cc2)o1)N1CCN(c2cccc[nH+]2)CC1. The molecule has 3 heterocycles. The number of benzene rings is 1. The van der Waals surface area contributed by atoms with Gasteiger partial charge in [0, 0.05) is 16.7 Å². The number of anilines is 1. The molecule has 9 heteroatoms. The van der Waals surface area contributed by atoms with Crippen molar-refractivity contribution in [2.45, 2.75) is 5.22 Å². The van der Waals surface area contributed by atoms with Gasteiger partial charge in [0.2, 0.25) is 11.8 Å². The summed E-state index contributed by atoms with van der Waals surface area (Å²) in [6, 6.07) is 13.2. The van der Waals surface area contributed by atoms with E-state index in [1.165, 1.54) is 11.8 Å². The Hall–Kier alpha value is -2.58. The molecule has 2 aromatic heterocycles. The van der Waals surface area contributed by atoms with Crippen molar-refractivity contribution in [3.05, 3.63) is 53.7 Å². The first-order valence-electron chi connectivity index (χ1n) is 8.91. The zero-order chi connectivity index (χ0) is 19.3. The number of hydrogen-bond acceptors (Lipinski definition) is 6. The van der Waals surface area contributed by atoms with Gasteiger partial charge in [-0.25, -0.2) is 4.98 Å². The third-order valence-corrected chi connectivity index (χ3v) is 5.54. The van der Waals surface area contributed by atoms with Gasteiger partial charge in [0.1, 0.15) is 13.1 Å². The molecule has 0 radical (unpaired) electrons. The standard InChI is InChI=1S/C19H18ClN5O2S/c20-15-6-4-14(5-7-15)18-22-23-19(27-18)28-13-17(26)25-11-9-24(10-12-25)16-3-1-2-8-21-16/h1-8H,9-13H2/p+1. The Bertz CT molecular complexity index is 927. The fraction of sp³-hybridized carbons (Fsp3) is 0.263. The van der Waals surface area contributed by atoms with Crippen LogP contribution in [0.2, 0.25) is 5.02 Å². The van der Waals surface area contributed by atoms with Crippen LogP contribution in [0.4, 0.5) is 5.82 Å². The van der Waals surface area contributed by atoms with Gasteiger partial charge >= 0.3 is 0 Å². The van der Waals surface area contributed by atoms with Gasteiger partial charge in [0.15, 0.2) is 0 Å². The Morgan fingerprint density at radius 3 is 2.61 bits per heavy atom. The number of rotatable bonds is 5. The van der Waals surface area contributed by atoms with Crippen molar-refractivity contribution in [1.82, 2.24) is 15.1 Å². The topological polar surface area (TPSA) is 76.6 Å². The first kappa shape index (κ1) is 18.8. The minimum Gasteiger partial charge on any atom is -0.411 e. The van der Waals surface area contributed by atoms with E-state index in [0.29, 0.717) is 29.2 Å². The van der Waals surface area contributed by atoms with E-state index in [4.69, 9.17) is 16.0 Å². The number of H-pyrrole nitrogens is 1. The molecule has 28 heavy (non-hydrogen) atoms. The summed E-state index contributed by atoms with van der Waals surface area (Å²) in [5.74, 6) is 1.84. The van der Waals surface area contributed by atoms with Gasteiger partial charge < -0.3 is 9.32 Å². The zero-order valence-electron chi connectivity index (χ0n) is 15.0. The van der Waals surface area contributed by atoms with Crippen LogP contribution in [0.5, 0.6) is 0 Å². The van der Waals surface area contributed by atoms with Crippen LogP contribution in [0.25, 0.3) is 11.5 Å². The van der Waals surface area contributed by atoms with E-state index in [1.807, 2.05) is 41.4 Å². The monoisotopic (exact) mass is 416 g/mol. The van der Waals surface area contributed by atoms with Gasteiger partial charge in [-0.15, -0.1) is 10.2 Å². The van der Waals surface area contributed by atoms with Crippen LogP contribution in [-0.4, -0.2) is 52.9 Å². The predicted octanol–water partition coefficient (Wildman–Crippen LogP) is 2.65. The fourth-order valence-corrected chi connectivity index (χ4v) is 3.76. The van der Waals surface area contributed by atoms with Crippen molar-refractivity contribution in [2.24, 2.45) is 0 Å². The molecule has 0 atom stereocenters. The molecule has 144 valence electrons. The number of amides is 1. The summed E-state index contributed by atoms with van der Waals surface area (Å²) in [6.45, 7) is 3.00. The van der Waals surface area contributed by atoms with E-state index in [-0.39, 0.29) is 11.7 Å². The molecule has 0 spiro atoms. The van der Waals surface area contributed by atoms with E-state index in [9.17, 15) is 4.79 Å². The molecule has 0 bridgehead atoms. The van der Waals surface area contributed by atoms with Crippen molar-refractivity contribution in [1.29, 1.82) is 0 Å². The minimum absolute atomic E-state index is 0.0768. The lowest BCUT2D eigenvalue weighted by molar-refractivity contribution is -0.364. The number of halogens is 1. The number of carbonyl (C=O) groups excluding carboxylic acids is 1. The maximum Gasteiger partial charge on any atom is 0.277 e. The number of piperazine rings is 1. The van der Waals surface area contributed by atoms with Crippen LogP contribution in [0.3, 0.4) is 0 Å². The van der Waals surface area contributed by atoms with Crippen LogP contribution >= 0.6 is 23.4 Å². The molecule has 1 aromatic carbocycles.